The maximum absolute atomic E-state index is 5.84. The van der Waals surface area contributed by atoms with E-state index in [1.807, 2.05) is 43.3 Å². The predicted octanol–water partition coefficient (Wildman–Crippen LogP) is 3.63. The summed E-state index contributed by atoms with van der Waals surface area (Å²) >= 11 is 5.84. The largest absolute Gasteiger partial charge is 0.376 e. The molecule has 0 spiro atoms. The van der Waals surface area contributed by atoms with E-state index >= 15 is 0 Å². The highest BCUT2D eigenvalue weighted by Gasteiger charge is 2.18. The van der Waals surface area contributed by atoms with Gasteiger partial charge in [0.1, 0.15) is 0 Å². The number of halogens is 1. The van der Waals surface area contributed by atoms with Gasteiger partial charge in [-0.15, -0.1) is 18.2 Å². The first-order valence-corrected chi connectivity index (χ1v) is 5.55. The molecule has 1 aromatic carbocycles. The summed E-state index contributed by atoms with van der Waals surface area (Å²) < 4.78 is 5.61. The molecule has 0 heterocycles. The number of hydrogen-bond donors (Lipinski definition) is 0. The SMILES string of the molecule is C=CC(C)(CCl)COCc1ccccc1. The molecule has 1 aromatic rings. The normalized spacial score (nSPS) is 14.5. The zero-order valence-electron chi connectivity index (χ0n) is 9.08. The van der Waals surface area contributed by atoms with Gasteiger partial charge in [-0.25, -0.2) is 0 Å². The zero-order chi connectivity index (χ0) is 11.1. The summed E-state index contributed by atoms with van der Waals surface area (Å²) in [5.74, 6) is 0.533. The van der Waals surface area contributed by atoms with Crippen LogP contribution in [-0.4, -0.2) is 12.5 Å². The second kappa shape index (κ2) is 5.94. The predicted molar refractivity (Wildman–Crippen MR) is 65.1 cm³/mol. The lowest BCUT2D eigenvalue weighted by molar-refractivity contribution is 0.0731. The smallest absolute Gasteiger partial charge is 0.0717 e. The number of benzene rings is 1. The summed E-state index contributed by atoms with van der Waals surface area (Å²) in [4.78, 5) is 0. The molecule has 0 saturated carbocycles. The van der Waals surface area contributed by atoms with E-state index < -0.39 is 0 Å². The van der Waals surface area contributed by atoms with E-state index in [0.717, 1.165) is 0 Å². The Kier molecular flexibility index (Phi) is 4.86. The third kappa shape index (κ3) is 4.06. The molecule has 0 aliphatic rings. The van der Waals surface area contributed by atoms with Crippen LogP contribution in [0.4, 0.5) is 0 Å². The van der Waals surface area contributed by atoms with Crippen LogP contribution < -0.4 is 0 Å². The highest BCUT2D eigenvalue weighted by molar-refractivity contribution is 6.18. The number of hydrogen-bond acceptors (Lipinski definition) is 1. The Labute approximate surface area is 96.7 Å². The van der Waals surface area contributed by atoms with Crippen molar-refractivity contribution in [2.45, 2.75) is 13.5 Å². The number of alkyl halides is 1. The molecular formula is C13H17ClO. The molecular weight excluding hydrogens is 208 g/mol. The Morgan fingerprint density at radius 1 is 1.40 bits per heavy atom. The first-order chi connectivity index (χ1) is 7.20. The molecule has 0 fully saturated rings. The van der Waals surface area contributed by atoms with Crippen LogP contribution in [0.2, 0.25) is 0 Å². The fourth-order valence-electron chi connectivity index (χ4n) is 1.13. The minimum Gasteiger partial charge on any atom is -0.376 e. The summed E-state index contributed by atoms with van der Waals surface area (Å²) in [6.07, 6.45) is 1.85. The van der Waals surface area contributed by atoms with Crippen molar-refractivity contribution >= 4 is 11.6 Å². The molecule has 0 bridgehead atoms. The van der Waals surface area contributed by atoms with Crippen LogP contribution in [0.1, 0.15) is 12.5 Å². The molecule has 0 aromatic heterocycles. The monoisotopic (exact) mass is 224 g/mol. The third-order valence-electron chi connectivity index (χ3n) is 2.34. The molecule has 1 rings (SSSR count). The summed E-state index contributed by atoms with van der Waals surface area (Å²) in [6, 6.07) is 10.1. The van der Waals surface area contributed by atoms with Crippen molar-refractivity contribution in [1.29, 1.82) is 0 Å². The van der Waals surface area contributed by atoms with Gasteiger partial charge < -0.3 is 4.74 Å². The van der Waals surface area contributed by atoms with Crippen molar-refractivity contribution < 1.29 is 4.74 Å². The summed E-state index contributed by atoms with van der Waals surface area (Å²) in [5, 5.41) is 0. The van der Waals surface area contributed by atoms with E-state index in [1.54, 1.807) is 0 Å². The molecule has 1 unspecified atom stereocenters. The van der Waals surface area contributed by atoms with Crippen molar-refractivity contribution in [3.05, 3.63) is 48.6 Å². The molecule has 82 valence electrons. The van der Waals surface area contributed by atoms with Crippen molar-refractivity contribution in [2.75, 3.05) is 12.5 Å². The van der Waals surface area contributed by atoms with E-state index in [9.17, 15) is 0 Å². The first-order valence-electron chi connectivity index (χ1n) is 5.01. The fourth-order valence-corrected chi connectivity index (χ4v) is 1.31. The zero-order valence-corrected chi connectivity index (χ0v) is 9.83. The van der Waals surface area contributed by atoms with Gasteiger partial charge in [0, 0.05) is 11.3 Å². The van der Waals surface area contributed by atoms with Gasteiger partial charge in [0.25, 0.3) is 0 Å². The van der Waals surface area contributed by atoms with E-state index in [1.165, 1.54) is 5.56 Å². The Morgan fingerprint density at radius 2 is 2.07 bits per heavy atom. The van der Waals surface area contributed by atoms with Gasteiger partial charge in [-0.3, -0.25) is 0 Å². The Hall–Kier alpha value is -0.790. The van der Waals surface area contributed by atoms with Gasteiger partial charge >= 0.3 is 0 Å². The Bertz CT molecular complexity index is 297. The van der Waals surface area contributed by atoms with Crippen LogP contribution in [0.25, 0.3) is 0 Å². The lowest BCUT2D eigenvalue weighted by Crippen LogP contribution is -2.22. The van der Waals surface area contributed by atoms with Crippen LogP contribution in [-0.2, 0) is 11.3 Å². The van der Waals surface area contributed by atoms with Crippen LogP contribution in [0.5, 0.6) is 0 Å². The standard InChI is InChI=1S/C13H17ClO/c1-3-13(2,10-14)11-15-9-12-7-5-4-6-8-12/h3-8H,1,9-11H2,2H3. The quantitative estimate of drug-likeness (QED) is 0.530. The van der Waals surface area contributed by atoms with Gasteiger partial charge in [-0.2, -0.15) is 0 Å². The number of ether oxygens (including phenoxy) is 1. The van der Waals surface area contributed by atoms with Gasteiger partial charge in [0.15, 0.2) is 0 Å². The van der Waals surface area contributed by atoms with Crippen LogP contribution in [0.3, 0.4) is 0 Å². The van der Waals surface area contributed by atoms with Gasteiger partial charge in [0.05, 0.1) is 13.2 Å². The topological polar surface area (TPSA) is 9.23 Å². The molecule has 0 N–H and O–H groups in total. The van der Waals surface area contributed by atoms with Gasteiger partial charge in [0.2, 0.25) is 0 Å². The average Bonchev–Trinajstić information content (AvgIpc) is 2.30. The molecule has 0 amide bonds. The molecule has 0 saturated heterocycles. The first kappa shape index (κ1) is 12.3. The van der Waals surface area contributed by atoms with E-state index in [0.29, 0.717) is 19.1 Å². The van der Waals surface area contributed by atoms with Crippen LogP contribution in [0.15, 0.2) is 43.0 Å². The van der Waals surface area contributed by atoms with Crippen LogP contribution in [0, 0.1) is 5.41 Å². The van der Waals surface area contributed by atoms with Crippen molar-refractivity contribution in [3.63, 3.8) is 0 Å². The van der Waals surface area contributed by atoms with E-state index in [4.69, 9.17) is 16.3 Å². The van der Waals surface area contributed by atoms with Crippen molar-refractivity contribution in [3.8, 4) is 0 Å². The number of rotatable bonds is 6. The molecule has 1 nitrogen and oxygen atoms in total. The Morgan fingerprint density at radius 3 is 2.60 bits per heavy atom. The van der Waals surface area contributed by atoms with Crippen molar-refractivity contribution in [1.82, 2.24) is 0 Å². The fraction of sp³-hybridized carbons (Fsp3) is 0.385. The highest BCUT2D eigenvalue weighted by atomic mass is 35.5. The second-order valence-corrected chi connectivity index (χ2v) is 4.24. The lowest BCUT2D eigenvalue weighted by atomic mass is 9.95. The molecule has 2 heteroatoms. The third-order valence-corrected chi connectivity index (χ3v) is 2.95. The highest BCUT2D eigenvalue weighted by Crippen LogP contribution is 2.20. The lowest BCUT2D eigenvalue weighted by Gasteiger charge is -2.22. The molecule has 0 aliphatic heterocycles. The summed E-state index contributed by atoms with van der Waals surface area (Å²) in [6.45, 7) is 7.04. The van der Waals surface area contributed by atoms with Gasteiger partial charge in [-0.1, -0.05) is 43.3 Å². The Balaban J connectivity index is 2.36. The maximum Gasteiger partial charge on any atom is 0.0717 e. The molecule has 15 heavy (non-hydrogen) atoms. The second-order valence-electron chi connectivity index (χ2n) is 3.97. The summed E-state index contributed by atoms with van der Waals surface area (Å²) in [5.41, 5.74) is 1.05. The summed E-state index contributed by atoms with van der Waals surface area (Å²) in [7, 11) is 0. The van der Waals surface area contributed by atoms with E-state index in [2.05, 4.69) is 6.58 Å². The molecule has 0 radical (unpaired) electrons. The van der Waals surface area contributed by atoms with Gasteiger partial charge in [-0.05, 0) is 5.56 Å². The van der Waals surface area contributed by atoms with Crippen molar-refractivity contribution in [2.24, 2.45) is 5.41 Å². The maximum atomic E-state index is 5.84. The van der Waals surface area contributed by atoms with Crippen LogP contribution >= 0.6 is 11.6 Å². The van der Waals surface area contributed by atoms with E-state index in [-0.39, 0.29) is 5.41 Å². The average molecular weight is 225 g/mol. The molecule has 1 atom stereocenters. The molecule has 0 aliphatic carbocycles. The minimum absolute atomic E-state index is 0.129. The minimum atomic E-state index is -0.129.